The van der Waals surface area contributed by atoms with E-state index in [2.05, 4.69) is 30.7 Å². The number of rotatable bonds is 6. The summed E-state index contributed by atoms with van der Waals surface area (Å²) in [6, 6.07) is 4.31. The van der Waals surface area contributed by atoms with Gasteiger partial charge in [0.1, 0.15) is 5.69 Å². The second-order valence-corrected chi connectivity index (χ2v) is 4.22. The van der Waals surface area contributed by atoms with Gasteiger partial charge < -0.3 is 4.90 Å². The van der Waals surface area contributed by atoms with E-state index in [1.807, 2.05) is 19.1 Å². The number of hydrogen-bond donors (Lipinski definition) is 0. The molecule has 1 atom stereocenters. The van der Waals surface area contributed by atoms with Crippen LogP contribution in [0.15, 0.2) is 18.3 Å². The molecular weight excluding hydrogens is 212 g/mol. The highest BCUT2D eigenvalue weighted by Crippen LogP contribution is 2.17. The number of carbonyl (C=O) groups excluding carboxylic acids is 1. The van der Waals surface area contributed by atoms with E-state index in [0.29, 0.717) is 18.2 Å². The third-order valence-electron chi connectivity index (χ3n) is 3.15. The van der Waals surface area contributed by atoms with Gasteiger partial charge in [-0.05, 0) is 32.4 Å². The first-order chi connectivity index (χ1) is 8.13. The van der Waals surface area contributed by atoms with E-state index in [4.69, 9.17) is 0 Å². The van der Waals surface area contributed by atoms with Gasteiger partial charge >= 0.3 is 0 Å². The Labute approximate surface area is 104 Å². The molecule has 0 bridgehead atoms. The average Bonchev–Trinajstić information content (AvgIpc) is 2.39. The van der Waals surface area contributed by atoms with Crippen LogP contribution < -0.4 is 4.90 Å². The van der Waals surface area contributed by atoms with Gasteiger partial charge in [0.05, 0.1) is 11.9 Å². The van der Waals surface area contributed by atoms with Crippen LogP contribution in [0.25, 0.3) is 0 Å². The first-order valence-electron chi connectivity index (χ1n) is 6.39. The van der Waals surface area contributed by atoms with Gasteiger partial charge in [0.15, 0.2) is 5.78 Å². The third kappa shape index (κ3) is 3.29. The minimum Gasteiger partial charge on any atom is -0.368 e. The molecule has 0 aromatic carbocycles. The molecule has 0 spiro atoms. The molecule has 0 amide bonds. The molecule has 3 heteroatoms. The highest BCUT2D eigenvalue weighted by atomic mass is 16.1. The maximum atomic E-state index is 11.5. The number of hydrogen-bond acceptors (Lipinski definition) is 3. The van der Waals surface area contributed by atoms with Crippen LogP contribution in [-0.2, 0) is 0 Å². The summed E-state index contributed by atoms with van der Waals surface area (Å²) in [7, 11) is 0. The SMILES string of the molecule is CCC(=O)c1ccc(N(CC)C(C)CC)cn1. The van der Waals surface area contributed by atoms with Crippen LogP contribution in [0.4, 0.5) is 5.69 Å². The molecule has 0 N–H and O–H groups in total. The van der Waals surface area contributed by atoms with E-state index >= 15 is 0 Å². The van der Waals surface area contributed by atoms with E-state index in [9.17, 15) is 4.79 Å². The van der Waals surface area contributed by atoms with Gasteiger partial charge in [0.2, 0.25) is 0 Å². The van der Waals surface area contributed by atoms with Crippen LogP contribution >= 0.6 is 0 Å². The molecule has 1 rings (SSSR count). The molecule has 0 aliphatic heterocycles. The summed E-state index contributed by atoms with van der Waals surface area (Å²) in [5.41, 5.74) is 1.66. The molecule has 1 aromatic rings. The minimum absolute atomic E-state index is 0.100. The Bertz CT molecular complexity index is 359. The van der Waals surface area contributed by atoms with Crippen molar-refractivity contribution in [1.29, 1.82) is 0 Å². The summed E-state index contributed by atoms with van der Waals surface area (Å²) in [5.74, 6) is 0.100. The fourth-order valence-electron chi connectivity index (χ4n) is 1.87. The Morgan fingerprint density at radius 2 is 2.06 bits per heavy atom. The van der Waals surface area contributed by atoms with Crippen molar-refractivity contribution in [2.75, 3.05) is 11.4 Å². The molecule has 1 unspecified atom stereocenters. The summed E-state index contributed by atoms with van der Waals surface area (Å²) in [6.07, 6.45) is 3.41. The van der Waals surface area contributed by atoms with E-state index in [1.54, 1.807) is 6.20 Å². The molecule has 0 saturated heterocycles. The summed E-state index contributed by atoms with van der Waals surface area (Å²) in [6.45, 7) is 9.33. The number of pyridine rings is 1. The van der Waals surface area contributed by atoms with Crippen molar-refractivity contribution in [3.63, 3.8) is 0 Å². The van der Waals surface area contributed by atoms with Crippen molar-refractivity contribution in [2.45, 2.75) is 46.6 Å². The maximum absolute atomic E-state index is 11.5. The number of anilines is 1. The number of nitrogens with zero attached hydrogens (tertiary/aromatic N) is 2. The summed E-state index contributed by atoms with van der Waals surface area (Å²) in [5, 5.41) is 0. The summed E-state index contributed by atoms with van der Waals surface area (Å²) >= 11 is 0. The van der Waals surface area contributed by atoms with E-state index in [-0.39, 0.29) is 5.78 Å². The van der Waals surface area contributed by atoms with Crippen molar-refractivity contribution in [2.24, 2.45) is 0 Å². The predicted octanol–water partition coefficient (Wildman–Crippen LogP) is 3.30. The number of ketones is 1. The van der Waals surface area contributed by atoms with Gasteiger partial charge in [-0.15, -0.1) is 0 Å². The normalized spacial score (nSPS) is 12.2. The zero-order chi connectivity index (χ0) is 12.8. The number of carbonyl (C=O) groups is 1. The van der Waals surface area contributed by atoms with Crippen molar-refractivity contribution >= 4 is 11.5 Å². The topological polar surface area (TPSA) is 33.2 Å². The standard InChI is InChI=1S/C14H22N2O/c1-5-11(4)16(7-3)12-8-9-13(15-10-12)14(17)6-2/h8-11H,5-7H2,1-4H3. The Kier molecular flexibility index (Phi) is 5.13. The van der Waals surface area contributed by atoms with Gasteiger partial charge in [0, 0.05) is 19.0 Å². The van der Waals surface area contributed by atoms with Crippen molar-refractivity contribution in [1.82, 2.24) is 4.98 Å². The zero-order valence-electron chi connectivity index (χ0n) is 11.2. The molecule has 0 fully saturated rings. The molecule has 0 aliphatic rings. The maximum Gasteiger partial charge on any atom is 0.180 e. The molecule has 1 aromatic heterocycles. The monoisotopic (exact) mass is 234 g/mol. The fourth-order valence-corrected chi connectivity index (χ4v) is 1.87. The van der Waals surface area contributed by atoms with E-state index < -0.39 is 0 Å². The fraction of sp³-hybridized carbons (Fsp3) is 0.571. The van der Waals surface area contributed by atoms with Crippen LogP contribution in [0.3, 0.4) is 0 Å². The third-order valence-corrected chi connectivity index (χ3v) is 3.15. The summed E-state index contributed by atoms with van der Waals surface area (Å²) < 4.78 is 0. The molecule has 1 heterocycles. The van der Waals surface area contributed by atoms with E-state index in [1.165, 1.54) is 0 Å². The number of Topliss-reactive ketones (excluding diaryl/α,β-unsaturated/α-hetero) is 1. The predicted molar refractivity (Wildman–Crippen MR) is 71.6 cm³/mol. The second kappa shape index (κ2) is 6.38. The van der Waals surface area contributed by atoms with Gasteiger partial charge in [-0.2, -0.15) is 0 Å². The molecule has 0 radical (unpaired) electrons. The van der Waals surface area contributed by atoms with Crippen molar-refractivity contribution in [3.05, 3.63) is 24.0 Å². The van der Waals surface area contributed by atoms with E-state index in [0.717, 1.165) is 18.7 Å². The van der Waals surface area contributed by atoms with Gasteiger partial charge in [-0.25, -0.2) is 0 Å². The van der Waals surface area contributed by atoms with Crippen LogP contribution in [0.5, 0.6) is 0 Å². The molecule has 3 nitrogen and oxygen atoms in total. The Morgan fingerprint density at radius 3 is 2.47 bits per heavy atom. The Balaban J connectivity index is 2.88. The smallest absolute Gasteiger partial charge is 0.180 e. The molecule has 94 valence electrons. The molecule has 17 heavy (non-hydrogen) atoms. The van der Waals surface area contributed by atoms with Crippen molar-refractivity contribution < 1.29 is 4.79 Å². The summed E-state index contributed by atoms with van der Waals surface area (Å²) in [4.78, 5) is 18.0. The highest BCUT2D eigenvalue weighted by molar-refractivity contribution is 5.94. The first-order valence-corrected chi connectivity index (χ1v) is 6.39. The average molecular weight is 234 g/mol. The number of aromatic nitrogens is 1. The Morgan fingerprint density at radius 1 is 1.35 bits per heavy atom. The molecule has 0 aliphatic carbocycles. The van der Waals surface area contributed by atoms with Crippen LogP contribution in [-0.4, -0.2) is 23.4 Å². The first kappa shape index (κ1) is 13.7. The minimum atomic E-state index is 0.100. The van der Waals surface area contributed by atoms with Gasteiger partial charge in [-0.3, -0.25) is 9.78 Å². The lowest BCUT2D eigenvalue weighted by Crippen LogP contribution is -2.32. The largest absolute Gasteiger partial charge is 0.368 e. The highest BCUT2D eigenvalue weighted by Gasteiger charge is 2.12. The molecular formula is C14H22N2O. The van der Waals surface area contributed by atoms with Gasteiger partial charge in [-0.1, -0.05) is 13.8 Å². The lowest BCUT2D eigenvalue weighted by Gasteiger charge is -2.29. The second-order valence-electron chi connectivity index (χ2n) is 4.22. The van der Waals surface area contributed by atoms with Gasteiger partial charge in [0.25, 0.3) is 0 Å². The van der Waals surface area contributed by atoms with Crippen LogP contribution in [0.1, 0.15) is 51.0 Å². The molecule has 0 saturated carbocycles. The quantitative estimate of drug-likeness (QED) is 0.708. The lowest BCUT2D eigenvalue weighted by atomic mass is 10.1. The van der Waals surface area contributed by atoms with Crippen LogP contribution in [0, 0.1) is 0 Å². The Hall–Kier alpha value is -1.38. The zero-order valence-corrected chi connectivity index (χ0v) is 11.2. The van der Waals surface area contributed by atoms with Crippen molar-refractivity contribution in [3.8, 4) is 0 Å². The lowest BCUT2D eigenvalue weighted by molar-refractivity contribution is 0.0983. The van der Waals surface area contributed by atoms with Crippen LogP contribution in [0.2, 0.25) is 0 Å².